The highest BCUT2D eigenvalue weighted by Crippen LogP contribution is 2.22. The summed E-state index contributed by atoms with van der Waals surface area (Å²) in [6.45, 7) is 2.47. The molecule has 6 heteroatoms. The number of benzene rings is 2. The molecule has 0 saturated carbocycles. The molecule has 2 aromatic rings. The number of hydrogen-bond acceptors (Lipinski definition) is 2. The quantitative estimate of drug-likeness (QED) is 0.894. The molecule has 0 aliphatic carbocycles. The Balaban J connectivity index is 1.63. The molecular weight excluding hydrogens is 326 g/mol. The Hall–Kier alpha value is -2.53. The molecule has 2 N–H and O–H groups in total. The summed E-state index contributed by atoms with van der Waals surface area (Å²) in [5.74, 6) is -0.0980. The maximum Gasteiger partial charge on any atom is 0.319 e. The van der Waals surface area contributed by atoms with Crippen LogP contribution < -0.4 is 15.5 Å². The summed E-state index contributed by atoms with van der Waals surface area (Å²) in [4.78, 5) is 26.4. The minimum Gasteiger partial charge on any atom is -0.326 e. The fourth-order valence-electron chi connectivity index (χ4n) is 2.72. The van der Waals surface area contributed by atoms with Crippen LogP contribution in [0.2, 0.25) is 5.02 Å². The predicted octanol–water partition coefficient (Wildman–Crippen LogP) is 3.58. The molecule has 0 bridgehead atoms. The average molecular weight is 344 g/mol. The second-order valence-electron chi connectivity index (χ2n) is 5.72. The summed E-state index contributed by atoms with van der Waals surface area (Å²) >= 11 is 5.95. The predicted molar refractivity (Wildman–Crippen MR) is 95.5 cm³/mol. The number of nitrogens with zero attached hydrogens (tertiary/aromatic N) is 1. The van der Waals surface area contributed by atoms with Crippen LogP contribution in [0.4, 0.5) is 16.2 Å². The van der Waals surface area contributed by atoms with Crippen molar-refractivity contribution in [1.82, 2.24) is 5.32 Å². The van der Waals surface area contributed by atoms with Crippen molar-refractivity contribution in [3.8, 4) is 0 Å². The number of hydrogen-bond donors (Lipinski definition) is 2. The number of nitrogens with one attached hydrogen (secondary N) is 2. The smallest absolute Gasteiger partial charge is 0.319 e. The highest BCUT2D eigenvalue weighted by molar-refractivity contribution is 6.31. The third kappa shape index (κ3) is 3.51. The van der Waals surface area contributed by atoms with E-state index in [0.29, 0.717) is 23.7 Å². The molecular formula is C18H18ClN3O2. The Morgan fingerprint density at radius 2 is 1.96 bits per heavy atom. The second-order valence-corrected chi connectivity index (χ2v) is 6.16. The lowest BCUT2D eigenvalue weighted by Gasteiger charge is -2.17. The molecule has 0 aromatic heterocycles. The minimum atomic E-state index is -0.523. The summed E-state index contributed by atoms with van der Waals surface area (Å²) in [7, 11) is 0. The van der Waals surface area contributed by atoms with Crippen LogP contribution in [0.25, 0.3) is 0 Å². The van der Waals surface area contributed by atoms with Gasteiger partial charge in [0, 0.05) is 22.9 Å². The fraction of sp³-hybridized carbons (Fsp3) is 0.222. The van der Waals surface area contributed by atoms with Crippen LogP contribution in [0.3, 0.4) is 0 Å². The number of carbonyl (C=O) groups excluding carboxylic acids is 2. The summed E-state index contributed by atoms with van der Waals surface area (Å²) in [6.07, 6.45) is 0.579. The number of carbonyl (C=O) groups is 2. The van der Waals surface area contributed by atoms with Crippen LogP contribution in [0.15, 0.2) is 48.5 Å². The molecule has 1 fully saturated rings. The molecule has 0 spiro atoms. The lowest BCUT2D eigenvalue weighted by molar-refractivity contribution is -0.118. The summed E-state index contributed by atoms with van der Waals surface area (Å²) in [6, 6.07) is 13.8. The first-order valence-electron chi connectivity index (χ1n) is 7.74. The molecule has 0 unspecified atom stereocenters. The van der Waals surface area contributed by atoms with E-state index < -0.39 is 12.1 Å². The molecule has 124 valence electrons. The normalized spacial score (nSPS) is 17.0. The third-order valence-electron chi connectivity index (χ3n) is 4.03. The number of amides is 3. The number of urea groups is 1. The Kier molecular flexibility index (Phi) is 4.71. The molecule has 1 aliphatic rings. The number of anilines is 2. The van der Waals surface area contributed by atoms with Gasteiger partial charge in [0.2, 0.25) is 5.91 Å². The van der Waals surface area contributed by atoms with Gasteiger partial charge < -0.3 is 15.5 Å². The van der Waals surface area contributed by atoms with Gasteiger partial charge in [-0.15, -0.1) is 0 Å². The molecule has 3 amide bonds. The van der Waals surface area contributed by atoms with E-state index in [2.05, 4.69) is 10.6 Å². The van der Waals surface area contributed by atoms with Gasteiger partial charge in [0.1, 0.15) is 6.04 Å². The first-order chi connectivity index (χ1) is 11.5. The van der Waals surface area contributed by atoms with Gasteiger partial charge in [0.05, 0.1) is 0 Å². The molecule has 1 aliphatic heterocycles. The second kappa shape index (κ2) is 6.93. The Labute approximate surface area is 145 Å². The van der Waals surface area contributed by atoms with Crippen molar-refractivity contribution in [2.75, 3.05) is 16.8 Å². The zero-order valence-corrected chi connectivity index (χ0v) is 14.0. The minimum absolute atomic E-state index is 0.0980. The number of rotatable bonds is 3. The van der Waals surface area contributed by atoms with Crippen LogP contribution in [0.5, 0.6) is 0 Å². The van der Waals surface area contributed by atoms with E-state index in [1.165, 1.54) is 0 Å². The van der Waals surface area contributed by atoms with Gasteiger partial charge >= 0.3 is 6.03 Å². The fourth-order valence-corrected chi connectivity index (χ4v) is 2.90. The summed E-state index contributed by atoms with van der Waals surface area (Å²) in [5, 5.41) is 6.03. The zero-order chi connectivity index (χ0) is 17.1. The average Bonchev–Trinajstić information content (AvgIpc) is 2.92. The summed E-state index contributed by atoms with van der Waals surface area (Å²) in [5.41, 5.74) is 2.38. The SMILES string of the molecule is Cc1ccc(Cl)cc1NC(=O)N[C@H]1CCN(c2ccccc2)C1=O. The van der Waals surface area contributed by atoms with Crippen LogP contribution >= 0.6 is 11.6 Å². The maximum atomic E-state index is 12.5. The van der Waals surface area contributed by atoms with Crippen molar-refractivity contribution in [2.45, 2.75) is 19.4 Å². The molecule has 2 aromatic carbocycles. The Morgan fingerprint density at radius 3 is 2.71 bits per heavy atom. The zero-order valence-electron chi connectivity index (χ0n) is 13.3. The number of para-hydroxylation sites is 1. The molecule has 1 atom stereocenters. The van der Waals surface area contributed by atoms with Crippen LogP contribution in [0, 0.1) is 6.92 Å². The molecule has 0 radical (unpaired) electrons. The van der Waals surface area contributed by atoms with Crippen molar-refractivity contribution < 1.29 is 9.59 Å². The van der Waals surface area contributed by atoms with Crippen molar-refractivity contribution in [3.05, 3.63) is 59.1 Å². The first-order valence-corrected chi connectivity index (χ1v) is 8.12. The third-order valence-corrected chi connectivity index (χ3v) is 4.26. The van der Waals surface area contributed by atoms with Crippen molar-refractivity contribution in [2.24, 2.45) is 0 Å². The standard InChI is InChI=1S/C18H18ClN3O2/c1-12-7-8-13(19)11-16(12)21-18(24)20-15-9-10-22(17(15)23)14-5-3-2-4-6-14/h2-8,11,15H,9-10H2,1H3,(H2,20,21,24)/t15-/m0/s1. The van der Waals surface area contributed by atoms with E-state index >= 15 is 0 Å². The van der Waals surface area contributed by atoms with Gasteiger partial charge in [-0.2, -0.15) is 0 Å². The lowest BCUT2D eigenvalue weighted by Crippen LogP contribution is -2.43. The van der Waals surface area contributed by atoms with Crippen molar-refractivity contribution >= 4 is 34.9 Å². The number of aryl methyl sites for hydroxylation is 1. The van der Waals surface area contributed by atoms with Gasteiger partial charge in [-0.1, -0.05) is 35.9 Å². The van der Waals surface area contributed by atoms with Crippen molar-refractivity contribution in [3.63, 3.8) is 0 Å². The monoisotopic (exact) mass is 343 g/mol. The highest BCUT2D eigenvalue weighted by Gasteiger charge is 2.33. The number of halogens is 1. The van der Waals surface area contributed by atoms with E-state index in [4.69, 9.17) is 11.6 Å². The van der Waals surface area contributed by atoms with E-state index in [0.717, 1.165) is 11.3 Å². The van der Waals surface area contributed by atoms with Gasteiger partial charge in [-0.25, -0.2) is 4.79 Å². The lowest BCUT2D eigenvalue weighted by atomic mass is 10.2. The Morgan fingerprint density at radius 1 is 1.21 bits per heavy atom. The van der Waals surface area contributed by atoms with Crippen LogP contribution in [-0.4, -0.2) is 24.5 Å². The van der Waals surface area contributed by atoms with Crippen LogP contribution in [0.1, 0.15) is 12.0 Å². The van der Waals surface area contributed by atoms with E-state index in [1.807, 2.05) is 43.3 Å². The van der Waals surface area contributed by atoms with Gasteiger partial charge in [-0.3, -0.25) is 4.79 Å². The summed E-state index contributed by atoms with van der Waals surface area (Å²) < 4.78 is 0. The topological polar surface area (TPSA) is 61.4 Å². The maximum absolute atomic E-state index is 12.5. The van der Waals surface area contributed by atoms with E-state index in [-0.39, 0.29) is 5.91 Å². The van der Waals surface area contributed by atoms with E-state index in [9.17, 15) is 9.59 Å². The molecule has 1 heterocycles. The Bertz CT molecular complexity index is 764. The van der Waals surface area contributed by atoms with Gasteiger partial charge in [0.15, 0.2) is 0 Å². The first kappa shape index (κ1) is 16.3. The molecule has 5 nitrogen and oxygen atoms in total. The van der Waals surface area contributed by atoms with Crippen LogP contribution in [-0.2, 0) is 4.79 Å². The van der Waals surface area contributed by atoms with Gasteiger partial charge in [0.25, 0.3) is 0 Å². The molecule has 1 saturated heterocycles. The molecule has 24 heavy (non-hydrogen) atoms. The molecule has 3 rings (SSSR count). The van der Waals surface area contributed by atoms with Crippen molar-refractivity contribution in [1.29, 1.82) is 0 Å². The largest absolute Gasteiger partial charge is 0.326 e. The van der Waals surface area contributed by atoms with Gasteiger partial charge in [-0.05, 0) is 43.2 Å². The highest BCUT2D eigenvalue weighted by atomic mass is 35.5. The van der Waals surface area contributed by atoms with E-state index in [1.54, 1.807) is 17.0 Å².